The largest absolute Gasteiger partial charge is 0.326 e. The van der Waals surface area contributed by atoms with Gasteiger partial charge in [0.2, 0.25) is 0 Å². The van der Waals surface area contributed by atoms with Crippen molar-refractivity contribution in [3.05, 3.63) is 20.8 Å². The van der Waals surface area contributed by atoms with Gasteiger partial charge in [-0.05, 0) is 61.8 Å². The minimum absolute atomic E-state index is 0.0798. The molecule has 0 aromatic carbocycles. The summed E-state index contributed by atoms with van der Waals surface area (Å²) in [6.07, 6.45) is 2.10. The summed E-state index contributed by atoms with van der Waals surface area (Å²) in [5.41, 5.74) is 5.91. The maximum Gasteiger partial charge on any atom is 0.0701 e. The lowest BCUT2D eigenvalue weighted by Crippen LogP contribution is -2.33. The smallest absolute Gasteiger partial charge is 0.0701 e. The van der Waals surface area contributed by atoms with E-state index in [2.05, 4.69) is 47.2 Å². The van der Waals surface area contributed by atoms with Gasteiger partial charge in [0, 0.05) is 16.5 Å². The first kappa shape index (κ1) is 13.2. The van der Waals surface area contributed by atoms with Gasteiger partial charge in [-0.15, -0.1) is 11.3 Å². The van der Waals surface area contributed by atoms with E-state index in [4.69, 9.17) is 5.73 Å². The van der Waals surface area contributed by atoms with Gasteiger partial charge in [-0.3, -0.25) is 0 Å². The van der Waals surface area contributed by atoms with Crippen LogP contribution < -0.4 is 11.1 Å². The average molecular weight is 291 g/mol. The second kappa shape index (κ2) is 5.43. The second-order valence-corrected chi connectivity index (χ2v) is 7.00. The maximum absolute atomic E-state index is 5.99. The van der Waals surface area contributed by atoms with Crippen LogP contribution >= 0.6 is 27.3 Å². The van der Waals surface area contributed by atoms with E-state index in [9.17, 15) is 0 Å². The first-order chi connectivity index (χ1) is 6.92. The fraction of sp³-hybridized carbons (Fsp3) is 0.636. The Morgan fingerprint density at radius 3 is 2.60 bits per heavy atom. The molecule has 1 heterocycles. The number of thiophene rings is 1. The molecule has 0 aliphatic rings. The summed E-state index contributed by atoms with van der Waals surface area (Å²) in [6.45, 7) is 4.15. The summed E-state index contributed by atoms with van der Waals surface area (Å²) in [4.78, 5) is 1.37. The Kier molecular flexibility index (Phi) is 4.77. The molecule has 3 N–H and O–H groups in total. The molecule has 1 aromatic rings. The SMILES string of the molecule is CNC(CCC(C)(C)N)c1ccc(Br)s1. The normalized spacial score (nSPS) is 14.2. The lowest BCUT2D eigenvalue weighted by Gasteiger charge is -2.22. The molecular weight excluding hydrogens is 272 g/mol. The summed E-state index contributed by atoms with van der Waals surface area (Å²) in [7, 11) is 2.00. The van der Waals surface area contributed by atoms with Gasteiger partial charge >= 0.3 is 0 Å². The molecule has 1 rings (SSSR count). The van der Waals surface area contributed by atoms with Crippen LogP contribution in [0.5, 0.6) is 0 Å². The van der Waals surface area contributed by atoms with Crippen molar-refractivity contribution in [2.24, 2.45) is 5.73 Å². The van der Waals surface area contributed by atoms with Crippen molar-refractivity contribution in [2.45, 2.75) is 38.3 Å². The Hall–Kier alpha value is 0.1000. The second-order valence-electron chi connectivity index (χ2n) is 4.51. The molecule has 0 aliphatic heterocycles. The first-order valence-corrected chi connectivity index (χ1v) is 6.75. The van der Waals surface area contributed by atoms with Crippen LogP contribution in [-0.2, 0) is 0 Å². The molecule has 15 heavy (non-hydrogen) atoms. The fourth-order valence-electron chi connectivity index (χ4n) is 1.46. The van der Waals surface area contributed by atoms with E-state index in [1.165, 1.54) is 8.66 Å². The van der Waals surface area contributed by atoms with Crippen molar-refractivity contribution < 1.29 is 0 Å². The molecule has 86 valence electrons. The third-order valence-electron chi connectivity index (χ3n) is 2.36. The zero-order valence-corrected chi connectivity index (χ0v) is 11.9. The Morgan fingerprint density at radius 1 is 1.53 bits per heavy atom. The lowest BCUT2D eigenvalue weighted by molar-refractivity contribution is 0.413. The molecule has 2 nitrogen and oxygen atoms in total. The van der Waals surface area contributed by atoms with Crippen molar-refractivity contribution >= 4 is 27.3 Å². The lowest BCUT2D eigenvalue weighted by atomic mass is 9.96. The number of rotatable bonds is 5. The summed E-state index contributed by atoms with van der Waals surface area (Å²) in [6, 6.07) is 4.68. The third kappa shape index (κ3) is 4.64. The minimum Gasteiger partial charge on any atom is -0.326 e. The fourth-order valence-corrected chi connectivity index (χ4v) is 3.03. The number of hydrogen-bond acceptors (Lipinski definition) is 3. The average Bonchev–Trinajstić information content (AvgIpc) is 2.51. The summed E-state index contributed by atoms with van der Waals surface area (Å²) >= 11 is 5.27. The molecule has 0 bridgehead atoms. The van der Waals surface area contributed by atoms with Gasteiger partial charge in [0.05, 0.1) is 3.79 Å². The predicted molar refractivity (Wildman–Crippen MR) is 71.3 cm³/mol. The summed E-state index contributed by atoms with van der Waals surface area (Å²) < 4.78 is 1.18. The molecule has 1 unspecified atom stereocenters. The van der Waals surface area contributed by atoms with E-state index in [0.29, 0.717) is 6.04 Å². The van der Waals surface area contributed by atoms with E-state index < -0.39 is 0 Å². The van der Waals surface area contributed by atoms with Crippen LogP contribution in [0.25, 0.3) is 0 Å². The number of nitrogens with one attached hydrogen (secondary N) is 1. The van der Waals surface area contributed by atoms with E-state index in [1.807, 2.05) is 7.05 Å². The van der Waals surface area contributed by atoms with E-state index in [1.54, 1.807) is 11.3 Å². The standard InChI is InChI=1S/C11H19BrN2S/c1-11(2,13)7-6-8(14-3)9-4-5-10(12)15-9/h4-5,8,14H,6-7,13H2,1-3H3. The quantitative estimate of drug-likeness (QED) is 0.873. The first-order valence-electron chi connectivity index (χ1n) is 5.14. The molecule has 1 aromatic heterocycles. The van der Waals surface area contributed by atoms with Gasteiger partial charge in [-0.2, -0.15) is 0 Å². The predicted octanol–water partition coefficient (Wildman–Crippen LogP) is 3.29. The molecule has 0 aliphatic carbocycles. The Morgan fingerprint density at radius 2 is 2.20 bits per heavy atom. The van der Waals surface area contributed by atoms with Crippen molar-refractivity contribution in [3.8, 4) is 0 Å². The highest BCUT2D eigenvalue weighted by molar-refractivity contribution is 9.11. The molecule has 0 saturated heterocycles. The molecule has 4 heteroatoms. The number of nitrogens with two attached hydrogens (primary N) is 1. The van der Waals surface area contributed by atoms with E-state index >= 15 is 0 Å². The molecule has 0 saturated carbocycles. The molecule has 0 radical (unpaired) electrons. The minimum atomic E-state index is -0.0798. The number of halogens is 1. The molecule has 0 spiro atoms. The Bertz CT molecular complexity index is 304. The maximum atomic E-state index is 5.99. The van der Waals surface area contributed by atoms with Gasteiger partial charge in [0.15, 0.2) is 0 Å². The number of hydrogen-bond donors (Lipinski definition) is 2. The van der Waals surface area contributed by atoms with Gasteiger partial charge in [0.1, 0.15) is 0 Å². The van der Waals surface area contributed by atoms with Crippen molar-refractivity contribution in [1.29, 1.82) is 0 Å². The highest BCUT2D eigenvalue weighted by atomic mass is 79.9. The van der Waals surface area contributed by atoms with Gasteiger partial charge in [-0.1, -0.05) is 0 Å². The highest BCUT2D eigenvalue weighted by Crippen LogP contribution is 2.30. The Balaban J connectivity index is 2.57. The Labute approximate surface area is 104 Å². The molecular formula is C11H19BrN2S. The van der Waals surface area contributed by atoms with Crippen LogP contribution in [0.2, 0.25) is 0 Å². The van der Waals surface area contributed by atoms with Crippen LogP contribution in [0.3, 0.4) is 0 Å². The van der Waals surface area contributed by atoms with Crippen molar-refractivity contribution in [3.63, 3.8) is 0 Å². The molecule has 0 amide bonds. The third-order valence-corrected chi connectivity index (χ3v) is 4.10. The summed E-state index contributed by atoms with van der Waals surface area (Å²) in [5, 5.41) is 3.34. The van der Waals surface area contributed by atoms with Crippen molar-refractivity contribution in [2.75, 3.05) is 7.05 Å². The zero-order chi connectivity index (χ0) is 11.5. The van der Waals surface area contributed by atoms with Crippen molar-refractivity contribution in [1.82, 2.24) is 5.32 Å². The van der Waals surface area contributed by atoms with Gasteiger partial charge < -0.3 is 11.1 Å². The molecule has 0 fully saturated rings. The van der Waals surface area contributed by atoms with E-state index in [0.717, 1.165) is 12.8 Å². The van der Waals surface area contributed by atoms with Crippen LogP contribution in [0, 0.1) is 0 Å². The van der Waals surface area contributed by atoms with Gasteiger partial charge in [0.25, 0.3) is 0 Å². The van der Waals surface area contributed by atoms with Gasteiger partial charge in [-0.25, -0.2) is 0 Å². The zero-order valence-electron chi connectivity index (χ0n) is 9.51. The molecule has 1 atom stereocenters. The van der Waals surface area contributed by atoms with Crippen LogP contribution in [0.4, 0.5) is 0 Å². The van der Waals surface area contributed by atoms with Crippen LogP contribution in [0.15, 0.2) is 15.9 Å². The van der Waals surface area contributed by atoms with Crippen LogP contribution in [-0.4, -0.2) is 12.6 Å². The highest BCUT2D eigenvalue weighted by Gasteiger charge is 2.16. The van der Waals surface area contributed by atoms with Crippen LogP contribution in [0.1, 0.15) is 37.6 Å². The monoisotopic (exact) mass is 290 g/mol. The topological polar surface area (TPSA) is 38.0 Å². The summed E-state index contributed by atoms with van der Waals surface area (Å²) in [5.74, 6) is 0. The van der Waals surface area contributed by atoms with E-state index in [-0.39, 0.29) is 5.54 Å².